The fourth-order valence-corrected chi connectivity index (χ4v) is 4.12. The minimum Gasteiger partial charge on any atom is -0.364 e. The number of aromatic nitrogens is 4. The average molecular weight is 413 g/mol. The van der Waals surface area contributed by atoms with Gasteiger partial charge in [-0.2, -0.15) is 5.10 Å². The molecule has 0 aliphatic rings. The Morgan fingerprint density at radius 3 is 2.71 bits per heavy atom. The van der Waals surface area contributed by atoms with Gasteiger partial charge in [0.1, 0.15) is 5.69 Å². The molecule has 10 heteroatoms. The molecule has 2 amide bonds. The zero-order valence-corrected chi connectivity index (χ0v) is 16.7. The maximum Gasteiger partial charge on any atom is 0.268 e. The number of nitrogens with two attached hydrogens (primary N) is 1. The van der Waals surface area contributed by atoms with Gasteiger partial charge < -0.3 is 5.73 Å². The Kier molecular flexibility index (Phi) is 4.65. The summed E-state index contributed by atoms with van der Waals surface area (Å²) >= 11 is 2.69. The van der Waals surface area contributed by atoms with Crippen LogP contribution in [0, 0.1) is 0 Å². The number of hydrogen-bond donors (Lipinski definition) is 2. The highest BCUT2D eigenvalue weighted by Gasteiger charge is 2.20. The summed E-state index contributed by atoms with van der Waals surface area (Å²) in [4.78, 5) is 33.9. The standard InChI is InChI=1S/C18H16N6O2S2/c1-9(2)24-16-11(7-20-24)10(6-12(21-16)14-4-3-5-27-14)17(26)23-18-22-13(8-28-18)15(19)25/h3-9H,1-2H3,(H2,19,25)(H,22,23,26). The van der Waals surface area contributed by atoms with Gasteiger partial charge in [-0.05, 0) is 31.4 Å². The van der Waals surface area contributed by atoms with Gasteiger partial charge in [-0.3, -0.25) is 14.9 Å². The predicted octanol–water partition coefficient (Wildman–Crippen LogP) is 3.55. The van der Waals surface area contributed by atoms with Crippen LogP contribution in [-0.2, 0) is 0 Å². The molecule has 0 saturated heterocycles. The molecule has 0 bridgehead atoms. The molecule has 4 heterocycles. The molecule has 3 N–H and O–H groups in total. The number of carbonyl (C=O) groups excluding carboxylic acids is 2. The summed E-state index contributed by atoms with van der Waals surface area (Å²) in [5, 5.41) is 11.6. The van der Waals surface area contributed by atoms with Crippen molar-refractivity contribution < 1.29 is 9.59 Å². The molecule has 0 spiro atoms. The van der Waals surface area contributed by atoms with E-state index in [2.05, 4.69) is 15.4 Å². The Bertz CT molecular complexity index is 1180. The normalized spacial score (nSPS) is 11.2. The molecule has 0 aliphatic carbocycles. The molecule has 0 atom stereocenters. The van der Waals surface area contributed by atoms with E-state index in [1.807, 2.05) is 31.4 Å². The smallest absolute Gasteiger partial charge is 0.268 e. The molecule has 0 aromatic carbocycles. The highest BCUT2D eigenvalue weighted by Crippen LogP contribution is 2.29. The number of nitrogens with zero attached hydrogens (tertiary/aromatic N) is 4. The third-order valence-corrected chi connectivity index (χ3v) is 5.70. The van der Waals surface area contributed by atoms with Crippen molar-refractivity contribution in [3.8, 4) is 10.6 Å². The Morgan fingerprint density at radius 1 is 1.25 bits per heavy atom. The summed E-state index contributed by atoms with van der Waals surface area (Å²) in [5.74, 6) is -0.986. The van der Waals surface area contributed by atoms with Gasteiger partial charge in [-0.25, -0.2) is 14.6 Å². The van der Waals surface area contributed by atoms with E-state index in [1.54, 1.807) is 28.3 Å². The molecule has 142 valence electrons. The van der Waals surface area contributed by atoms with Gasteiger partial charge in [0.15, 0.2) is 10.8 Å². The molecular weight excluding hydrogens is 396 g/mol. The lowest BCUT2D eigenvalue weighted by Crippen LogP contribution is -2.15. The number of carbonyl (C=O) groups is 2. The Balaban J connectivity index is 1.80. The zero-order valence-electron chi connectivity index (χ0n) is 15.0. The zero-order chi connectivity index (χ0) is 19.8. The Morgan fingerprint density at radius 2 is 2.07 bits per heavy atom. The van der Waals surface area contributed by atoms with E-state index in [0.717, 1.165) is 16.2 Å². The van der Waals surface area contributed by atoms with Crippen molar-refractivity contribution >= 4 is 50.7 Å². The number of thiazole rings is 1. The summed E-state index contributed by atoms with van der Waals surface area (Å²) in [7, 11) is 0. The maximum absolute atomic E-state index is 13.0. The molecule has 4 rings (SSSR count). The van der Waals surface area contributed by atoms with Gasteiger partial charge in [0.05, 0.1) is 27.7 Å². The van der Waals surface area contributed by atoms with E-state index < -0.39 is 5.91 Å². The molecule has 28 heavy (non-hydrogen) atoms. The van der Waals surface area contributed by atoms with Crippen LogP contribution in [0.5, 0.6) is 0 Å². The number of anilines is 1. The first-order chi connectivity index (χ1) is 13.4. The highest BCUT2D eigenvalue weighted by molar-refractivity contribution is 7.14. The van der Waals surface area contributed by atoms with E-state index in [4.69, 9.17) is 10.7 Å². The van der Waals surface area contributed by atoms with E-state index in [9.17, 15) is 9.59 Å². The first-order valence-corrected chi connectivity index (χ1v) is 10.2. The number of hydrogen-bond acceptors (Lipinski definition) is 7. The highest BCUT2D eigenvalue weighted by atomic mass is 32.1. The van der Waals surface area contributed by atoms with Crippen LogP contribution in [0.4, 0.5) is 5.13 Å². The molecule has 0 unspecified atom stereocenters. The molecule has 0 radical (unpaired) electrons. The topological polar surface area (TPSA) is 116 Å². The van der Waals surface area contributed by atoms with Crippen LogP contribution in [0.3, 0.4) is 0 Å². The Hall–Kier alpha value is -3.11. The average Bonchev–Trinajstić information content (AvgIpc) is 3.40. The van der Waals surface area contributed by atoms with E-state index >= 15 is 0 Å². The van der Waals surface area contributed by atoms with Crippen LogP contribution in [-0.4, -0.2) is 31.6 Å². The minimum atomic E-state index is -0.638. The largest absolute Gasteiger partial charge is 0.364 e. The molecule has 4 aromatic heterocycles. The van der Waals surface area contributed by atoms with Gasteiger partial charge in [0.25, 0.3) is 11.8 Å². The first-order valence-electron chi connectivity index (χ1n) is 8.43. The number of pyridine rings is 1. The van der Waals surface area contributed by atoms with Gasteiger partial charge in [-0.15, -0.1) is 22.7 Å². The van der Waals surface area contributed by atoms with Gasteiger partial charge in [-0.1, -0.05) is 6.07 Å². The maximum atomic E-state index is 13.0. The lowest BCUT2D eigenvalue weighted by Gasteiger charge is -2.09. The summed E-state index contributed by atoms with van der Waals surface area (Å²) in [5.41, 5.74) is 7.12. The molecule has 8 nitrogen and oxygen atoms in total. The third-order valence-electron chi connectivity index (χ3n) is 4.05. The molecule has 0 saturated carbocycles. The van der Waals surface area contributed by atoms with Crippen molar-refractivity contribution in [2.75, 3.05) is 5.32 Å². The molecule has 0 aliphatic heterocycles. The van der Waals surface area contributed by atoms with Crippen LogP contribution >= 0.6 is 22.7 Å². The lowest BCUT2D eigenvalue weighted by molar-refractivity contribution is 0.0992. The number of amides is 2. The van der Waals surface area contributed by atoms with Crippen molar-refractivity contribution in [1.29, 1.82) is 0 Å². The van der Waals surface area contributed by atoms with Gasteiger partial charge in [0.2, 0.25) is 0 Å². The summed E-state index contributed by atoms with van der Waals surface area (Å²) in [6.45, 7) is 4.01. The van der Waals surface area contributed by atoms with E-state index in [1.165, 1.54) is 5.38 Å². The molecule has 4 aromatic rings. The first kappa shape index (κ1) is 18.3. The van der Waals surface area contributed by atoms with E-state index in [-0.39, 0.29) is 17.6 Å². The second-order valence-electron chi connectivity index (χ2n) is 6.31. The van der Waals surface area contributed by atoms with Crippen molar-refractivity contribution in [3.05, 3.63) is 46.4 Å². The van der Waals surface area contributed by atoms with Crippen molar-refractivity contribution in [1.82, 2.24) is 19.7 Å². The molecule has 0 fully saturated rings. The lowest BCUT2D eigenvalue weighted by atomic mass is 10.1. The van der Waals surface area contributed by atoms with Crippen molar-refractivity contribution in [3.63, 3.8) is 0 Å². The van der Waals surface area contributed by atoms with E-state index in [0.29, 0.717) is 27.4 Å². The van der Waals surface area contributed by atoms with Gasteiger partial charge in [0, 0.05) is 11.4 Å². The fourth-order valence-electron chi connectivity index (χ4n) is 2.74. The number of rotatable bonds is 5. The second-order valence-corrected chi connectivity index (χ2v) is 8.11. The third kappa shape index (κ3) is 3.27. The van der Waals surface area contributed by atoms with Crippen LogP contribution in [0.1, 0.15) is 40.7 Å². The second kappa shape index (κ2) is 7.13. The minimum absolute atomic E-state index is 0.0941. The van der Waals surface area contributed by atoms with Gasteiger partial charge >= 0.3 is 0 Å². The number of thiophene rings is 1. The van der Waals surface area contributed by atoms with Crippen LogP contribution in [0.15, 0.2) is 35.2 Å². The summed E-state index contributed by atoms with van der Waals surface area (Å²) < 4.78 is 1.79. The monoisotopic (exact) mass is 412 g/mol. The predicted molar refractivity (Wildman–Crippen MR) is 110 cm³/mol. The van der Waals surface area contributed by atoms with Crippen LogP contribution in [0.25, 0.3) is 21.6 Å². The number of fused-ring (bicyclic) bond motifs is 1. The fraction of sp³-hybridized carbons (Fsp3) is 0.167. The number of nitrogens with one attached hydrogen (secondary N) is 1. The summed E-state index contributed by atoms with van der Waals surface area (Å²) in [6, 6.07) is 5.73. The molecular formula is C18H16N6O2S2. The Labute approximate surface area is 168 Å². The number of primary amides is 1. The summed E-state index contributed by atoms with van der Waals surface area (Å²) in [6.07, 6.45) is 1.64. The quantitative estimate of drug-likeness (QED) is 0.520. The SMILES string of the molecule is CC(C)n1ncc2c(C(=O)Nc3nc(C(N)=O)cs3)cc(-c3cccs3)nc21. The van der Waals surface area contributed by atoms with Crippen molar-refractivity contribution in [2.45, 2.75) is 19.9 Å². The van der Waals surface area contributed by atoms with Crippen molar-refractivity contribution in [2.24, 2.45) is 5.73 Å². The van der Waals surface area contributed by atoms with Crippen LogP contribution in [0.2, 0.25) is 0 Å². The van der Waals surface area contributed by atoms with Crippen LogP contribution < -0.4 is 11.1 Å².